The van der Waals surface area contributed by atoms with Gasteiger partial charge < -0.3 is 15.0 Å². The Bertz CT molecular complexity index is 935. The maximum absolute atomic E-state index is 11.1. The number of fused-ring (bicyclic) bond motifs is 1. The number of rotatable bonds is 4. The minimum Gasteiger partial charge on any atom is -0.358 e. The van der Waals surface area contributed by atoms with Crippen molar-refractivity contribution in [2.75, 3.05) is 31.1 Å². The first kappa shape index (κ1) is 16.7. The monoisotopic (exact) mass is 373 g/mol. The molecule has 4 heterocycles. The SMILES string of the molecule is O=[N+]([O-])c1cnc2ccc(N3CCN(Cc4ccc(Cl)cn4)CC3)nn12. The minimum absolute atomic E-state index is 0.130. The molecule has 26 heavy (non-hydrogen) atoms. The first-order chi connectivity index (χ1) is 12.6. The number of imidazole rings is 1. The van der Waals surface area contributed by atoms with E-state index in [4.69, 9.17) is 11.6 Å². The van der Waals surface area contributed by atoms with Gasteiger partial charge in [-0.2, -0.15) is 0 Å². The van der Waals surface area contributed by atoms with E-state index in [1.54, 1.807) is 12.3 Å². The van der Waals surface area contributed by atoms with Crippen LogP contribution in [0, 0.1) is 10.1 Å². The molecule has 134 valence electrons. The molecule has 0 atom stereocenters. The minimum atomic E-state index is -0.478. The molecule has 0 aliphatic carbocycles. The Morgan fingerprint density at radius 1 is 1.08 bits per heavy atom. The van der Waals surface area contributed by atoms with Crippen molar-refractivity contribution in [3.05, 3.63) is 57.5 Å². The molecule has 0 saturated carbocycles. The lowest BCUT2D eigenvalue weighted by atomic mass is 10.2. The van der Waals surface area contributed by atoms with E-state index < -0.39 is 4.92 Å². The van der Waals surface area contributed by atoms with Crippen molar-refractivity contribution in [1.29, 1.82) is 0 Å². The molecule has 1 fully saturated rings. The first-order valence-electron chi connectivity index (χ1n) is 8.17. The molecule has 9 nitrogen and oxygen atoms in total. The maximum Gasteiger partial charge on any atom is 0.368 e. The molecule has 3 aromatic heterocycles. The van der Waals surface area contributed by atoms with Gasteiger partial charge in [-0.15, -0.1) is 0 Å². The molecule has 1 aliphatic rings. The highest BCUT2D eigenvalue weighted by atomic mass is 35.5. The average Bonchev–Trinajstić information content (AvgIpc) is 3.08. The summed E-state index contributed by atoms with van der Waals surface area (Å²) in [6.45, 7) is 4.06. The van der Waals surface area contributed by atoms with Gasteiger partial charge in [0, 0.05) is 45.0 Å². The van der Waals surface area contributed by atoms with Gasteiger partial charge in [0.05, 0.1) is 10.7 Å². The van der Waals surface area contributed by atoms with E-state index in [0.717, 1.165) is 38.4 Å². The fourth-order valence-corrected chi connectivity index (χ4v) is 3.12. The van der Waals surface area contributed by atoms with Crippen molar-refractivity contribution in [1.82, 2.24) is 24.5 Å². The summed E-state index contributed by atoms with van der Waals surface area (Å²) in [4.78, 5) is 23.4. The summed E-state index contributed by atoms with van der Waals surface area (Å²) in [6.07, 6.45) is 2.88. The van der Waals surface area contributed by atoms with Crippen LogP contribution in [0.3, 0.4) is 0 Å². The maximum atomic E-state index is 11.1. The lowest BCUT2D eigenvalue weighted by Crippen LogP contribution is -2.46. The second-order valence-corrected chi connectivity index (χ2v) is 6.50. The number of hydrogen-bond donors (Lipinski definition) is 0. The van der Waals surface area contributed by atoms with E-state index in [0.29, 0.717) is 16.5 Å². The molecule has 0 unspecified atom stereocenters. The van der Waals surface area contributed by atoms with Gasteiger partial charge in [-0.3, -0.25) is 9.88 Å². The smallest absolute Gasteiger partial charge is 0.358 e. The standard InChI is InChI=1S/C16H16ClN7O2/c17-12-1-2-13(18-9-12)11-21-5-7-22(8-6-21)15-4-3-14-19-10-16(24(25)26)23(14)20-15/h1-4,9-10H,5-8,11H2. The Balaban J connectivity index is 1.44. The lowest BCUT2D eigenvalue weighted by molar-refractivity contribution is -0.391. The van der Waals surface area contributed by atoms with Gasteiger partial charge in [-0.1, -0.05) is 21.2 Å². The third kappa shape index (κ3) is 3.31. The summed E-state index contributed by atoms with van der Waals surface area (Å²) in [6, 6.07) is 7.38. The van der Waals surface area contributed by atoms with Gasteiger partial charge in [0.1, 0.15) is 6.20 Å². The van der Waals surface area contributed by atoms with Crippen LogP contribution in [0.15, 0.2) is 36.7 Å². The predicted molar refractivity (Wildman–Crippen MR) is 96.4 cm³/mol. The largest absolute Gasteiger partial charge is 0.368 e. The van der Waals surface area contributed by atoms with Crippen LogP contribution < -0.4 is 4.90 Å². The van der Waals surface area contributed by atoms with Crippen LogP contribution >= 0.6 is 11.6 Å². The third-order valence-electron chi connectivity index (χ3n) is 4.39. The Hall–Kier alpha value is -2.78. The average molecular weight is 374 g/mol. The second kappa shape index (κ2) is 6.85. The lowest BCUT2D eigenvalue weighted by Gasteiger charge is -2.34. The van der Waals surface area contributed by atoms with Crippen LogP contribution in [0.2, 0.25) is 5.02 Å². The van der Waals surface area contributed by atoms with Crippen molar-refractivity contribution in [2.24, 2.45) is 0 Å². The molecule has 0 amide bonds. The highest BCUT2D eigenvalue weighted by Crippen LogP contribution is 2.19. The summed E-state index contributed by atoms with van der Waals surface area (Å²) in [5.74, 6) is 0.581. The zero-order chi connectivity index (χ0) is 18.1. The summed E-state index contributed by atoms with van der Waals surface area (Å²) in [7, 11) is 0. The highest BCUT2D eigenvalue weighted by Gasteiger charge is 2.22. The van der Waals surface area contributed by atoms with Crippen LogP contribution in [0.1, 0.15) is 5.69 Å². The Morgan fingerprint density at radius 2 is 1.88 bits per heavy atom. The fourth-order valence-electron chi connectivity index (χ4n) is 3.01. The molecule has 0 N–H and O–H groups in total. The van der Waals surface area contributed by atoms with E-state index >= 15 is 0 Å². The van der Waals surface area contributed by atoms with E-state index in [1.807, 2.05) is 18.2 Å². The number of aromatic nitrogens is 4. The second-order valence-electron chi connectivity index (χ2n) is 6.07. The quantitative estimate of drug-likeness (QED) is 0.510. The van der Waals surface area contributed by atoms with E-state index in [-0.39, 0.29) is 5.82 Å². The molecule has 3 aromatic rings. The van der Waals surface area contributed by atoms with Crippen molar-refractivity contribution >= 4 is 28.9 Å². The normalized spacial score (nSPS) is 15.5. The molecule has 1 aliphatic heterocycles. The van der Waals surface area contributed by atoms with Crippen molar-refractivity contribution in [3.63, 3.8) is 0 Å². The van der Waals surface area contributed by atoms with Gasteiger partial charge in [0.25, 0.3) is 0 Å². The topological polar surface area (TPSA) is 92.7 Å². The molecule has 0 spiro atoms. The van der Waals surface area contributed by atoms with Crippen LogP contribution in [0.25, 0.3) is 5.65 Å². The van der Waals surface area contributed by atoms with Crippen LogP contribution in [0.5, 0.6) is 0 Å². The van der Waals surface area contributed by atoms with E-state index in [2.05, 4.69) is 24.9 Å². The summed E-state index contributed by atoms with van der Waals surface area (Å²) in [5.41, 5.74) is 1.45. The van der Waals surface area contributed by atoms with Crippen LogP contribution in [0.4, 0.5) is 11.6 Å². The number of piperazine rings is 1. The molecule has 4 rings (SSSR count). The first-order valence-corrected chi connectivity index (χ1v) is 8.55. The number of hydrogen-bond acceptors (Lipinski definition) is 7. The zero-order valence-electron chi connectivity index (χ0n) is 13.8. The Kier molecular flexibility index (Phi) is 4.39. The highest BCUT2D eigenvalue weighted by molar-refractivity contribution is 6.30. The van der Waals surface area contributed by atoms with Gasteiger partial charge in [-0.25, -0.2) is 4.98 Å². The summed E-state index contributed by atoms with van der Waals surface area (Å²) in [5, 5.41) is 16.1. The molecule has 0 radical (unpaired) electrons. The van der Waals surface area contributed by atoms with Crippen molar-refractivity contribution < 1.29 is 4.92 Å². The molecule has 1 saturated heterocycles. The molecular weight excluding hydrogens is 358 g/mol. The number of anilines is 1. The predicted octanol–water partition coefficient (Wildman–Crippen LogP) is 2.01. The number of nitro groups is 1. The van der Waals surface area contributed by atoms with Gasteiger partial charge in [0.2, 0.25) is 5.65 Å². The Labute approximate surface area is 154 Å². The van der Waals surface area contributed by atoms with E-state index in [1.165, 1.54) is 10.7 Å². The van der Waals surface area contributed by atoms with Crippen LogP contribution in [-0.2, 0) is 6.54 Å². The Morgan fingerprint density at radius 3 is 2.58 bits per heavy atom. The summed E-state index contributed by atoms with van der Waals surface area (Å²) < 4.78 is 1.28. The molecule has 10 heteroatoms. The number of halogens is 1. The molecule has 0 aromatic carbocycles. The molecule has 0 bridgehead atoms. The van der Waals surface area contributed by atoms with Crippen molar-refractivity contribution in [3.8, 4) is 0 Å². The fraction of sp³-hybridized carbons (Fsp3) is 0.312. The van der Waals surface area contributed by atoms with Crippen molar-refractivity contribution in [2.45, 2.75) is 6.54 Å². The number of nitrogens with zero attached hydrogens (tertiary/aromatic N) is 7. The zero-order valence-corrected chi connectivity index (χ0v) is 14.6. The van der Waals surface area contributed by atoms with E-state index in [9.17, 15) is 10.1 Å². The third-order valence-corrected chi connectivity index (χ3v) is 4.61. The van der Waals surface area contributed by atoms with Gasteiger partial charge in [-0.05, 0) is 23.1 Å². The van der Waals surface area contributed by atoms with Gasteiger partial charge in [0.15, 0.2) is 5.82 Å². The summed E-state index contributed by atoms with van der Waals surface area (Å²) >= 11 is 5.87. The molecular formula is C16H16ClN7O2. The van der Waals surface area contributed by atoms with Crippen LogP contribution in [-0.4, -0.2) is 55.6 Å². The van der Waals surface area contributed by atoms with Gasteiger partial charge >= 0.3 is 5.82 Å². The number of pyridine rings is 1.